The molecule has 2 N–H and O–H groups in total. The Bertz CT molecular complexity index is 439. The molecule has 3 nitrogen and oxygen atoms in total. The van der Waals surface area contributed by atoms with E-state index in [0.29, 0.717) is 19.8 Å². The van der Waals surface area contributed by atoms with Gasteiger partial charge in [-0.15, -0.1) is 0 Å². The molecule has 0 atom stereocenters. The van der Waals surface area contributed by atoms with Crippen molar-refractivity contribution in [3.8, 4) is 0 Å². The molecule has 1 aliphatic heterocycles. The fraction of sp³-hybridized carbons (Fsp3) is 0.571. The molecule has 98 valence electrons. The summed E-state index contributed by atoms with van der Waals surface area (Å²) in [6.07, 6.45) is 2.24. The van der Waals surface area contributed by atoms with Crippen molar-refractivity contribution in [1.29, 1.82) is 0 Å². The van der Waals surface area contributed by atoms with Gasteiger partial charge in [-0.3, -0.25) is 0 Å². The van der Waals surface area contributed by atoms with Gasteiger partial charge in [0.15, 0.2) is 0 Å². The van der Waals surface area contributed by atoms with Crippen molar-refractivity contribution in [1.82, 2.24) is 0 Å². The van der Waals surface area contributed by atoms with Gasteiger partial charge in [-0.1, -0.05) is 6.07 Å². The molecule has 2 fully saturated rings. The van der Waals surface area contributed by atoms with E-state index in [9.17, 15) is 4.39 Å². The summed E-state index contributed by atoms with van der Waals surface area (Å²) in [6, 6.07) is 5.12. The minimum atomic E-state index is -0.173. The topological polar surface area (TPSA) is 38.5 Å². The molecule has 3 rings (SSSR count). The first-order chi connectivity index (χ1) is 8.75. The number of benzene rings is 1. The predicted molar refractivity (Wildman–Crippen MR) is 69.4 cm³/mol. The molecule has 1 heterocycles. The first-order valence-corrected chi connectivity index (χ1v) is 6.58. The number of morpholine rings is 1. The lowest BCUT2D eigenvalue weighted by Crippen LogP contribution is -2.38. The van der Waals surface area contributed by atoms with Crippen LogP contribution in [0.15, 0.2) is 18.2 Å². The van der Waals surface area contributed by atoms with E-state index in [-0.39, 0.29) is 11.2 Å². The number of halogens is 1. The second-order valence-electron chi connectivity index (χ2n) is 5.25. The van der Waals surface area contributed by atoms with E-state index in [4.69, 9.17) is 10.5 Å². The minimum Gasteiger partial charge on any atom is -0.378 e. The van der Waals surface area contributed by atoms with Crippen molar-refractivity contribution >= 4 is 5.69 Å². The van der Waals surface area contributed by atoms with Crippen LogP contribution in [0.4, 0.5) is 10.1 Å². The molecule has 1 saturated heterocycles. The monoisotopic (exact) mass is 250 g/mol. The van der Waals surface area contributed by atoms with Crippen molar-refractivity contribution in [2.45, 2.75) is 18.3 Å². The smallest absolute Gasteiger partial charge is 0.125 e. The second-order valence-corrected chi connectivity index (χ2v) is 5.25. The highest BCUT2D eigenvalue weighted by Crippen LogP contribution is 2.50. The fourth-order valence-electron chi connectivity index (χ4n) is 2.75. The third-order valence-electron chi connectivity index (χ3n) is 4.13. The van der Waals surface area contributed by atoms with Crippen molar-refractivity contribution in [3.05, 3.63) is 29.6 Å². The summed E-state index contributed by atoms with van der Waals surface area (Å²) in [4.78, 5) is 2.22. The molecule has 2 aliphatic rings. The minimum absolute atomic E-state index is 0.0985. The number of nitrogens with two attached hydrogens (primary N) is 1. The van der Waals surface area contributed by atoms with Crippen LogP contribution in [-0.4, -0.2) is 32.8 Å². The quantitative estimate of drug-likeness (QED) is 0.886. The molecule has 0 radical (unpaired) electrons. The van der Waals surface area contributed by atoms with Gasteiger partial charge in [-0.05, 0) is 30.5 Å². The molecule has 0 bridgehead atoms. The number of rotatable bonds is 3. The molecule has 1 saturated carbocycles. The Morgan fingerprint density at radius 1 is 1.28 bits per heavy atom. The van der Waals surface area contributed by atoms with Gasteiger partial charge in [0.25, 0.3) is 0 Å². The van der Waals surface area contributed by atoms with E-state index >= 15 is 0 Å². The average molecular weight is 250 g/mol. The van der Waals surface area contributed by atoms with Crippen molar-refractivity contribution < 1.29 is 9.13 Å². The first-order valence-electron chi connectivity index (χ1n) is 6.58. The largest absolute Gasteiger partial charge is 0.378 e. The second kappa shape index (κ2) is 4.52. The predicted octanol–water partition coefficient (Wildman–Crippen LogP) is 1.65. The normalized spacial score (nSPS) is 22.0. The first kappa shape index (κ1) is 11.9. The fourth-order valence-corrected chi connectivity index (χ4v) is 2.75. The van der Waals surface area contributed by atoms with E-state index in [0.717, 1.165) is 31.6 Å². The Labute approximate surface area is 107 Å². The van der Waals surface area contributed by atoms with Gasteiger partial charge in [0.2, 0.25) is 0 Å². The molecule has 0 amide bonds. The van der Waals surface area contributed by atoms with E-state index in [1.807, 2.05) is 6.07 Å². The van der Waals surface area contributed by atoms with Crippen molar-refractivity contribution in [3.63, 3.8) is 0 Å². The maximum atomic E-state index is 13.5. The molecule has 18 heavy (non-hydrogen) atoms. The molecular weight excluding hydrogens is 231 g/mol. The molecule has 1 aromatic carbocycles. The van der Waals surface area contributed by atoms with Crippen LogP contribution in [0, 0.1) is 5.82 Å². The van der Waals surface area contributed by atoms with Gasteiger partial charge >= 0.3 is 0 Å². The Kier molecular flexibility index (Phi) is 2.99. The summed E-state index contributed by atoms with van der Waals surface area (Å²) in [7, 11) is 0. The summed E-state index contributed by atoms with van der Waals surface area (Å²) >= 11 is 0. The highest BCUT2D eigenvalue weighted by Gasteiger charge is 2.45. The summed E-state index contributed by atoms with van der Waals surface area (Å²) in [6.45, 7) is 3.74. The third-order valence-corrected chi connectivity index (χ3v) is 4.13. The van der Waals surface area contributed by atoms with Gasteiger partial charge < -0.3 is 15.4 Å². The maximum Gasteiger partial charge on any atom is 0.125 e. The van der Waals surface area contributed by atoms with Crippen LogP contribution in [-0.2, 0) is 10.2 Å². The SMILES string of the molecule is NCC1(c2ccc(F)cc2N2CCOCC2)CC1. The van der Waals surface area contributed by atoms with Crippen molar-refractivity contribution in [2.75, 3.05) is 37.7 Å². The van der Waals surface area contributed by atoms with Gasteiger partial charge in [0, 0.05) is 30.7 Å². The molecule has 1 aromatic rings. The molecule has 0 unspecified atom stereocenters. The third kappa shape index (κ3) is 1.99. The van der Waals surface area contributed by atoms with Gasteiger partial charge in [-0.2, -0.15) is 0 Å². The van der Waals surface area contributed by atoms with Crippen LogP contribution in [0.3, 0.4) is 0 Å². The van der Waals surface area contributed by atoms with Crippen LogP contribution >= 0.6 is 0 Å². The van der Waals surface area contributed by atoms with E-state index in [1.165, 1.54) is 5.56 Å². The summed E-state index contributed by atoms with van der Waals surface area (Å²) in [5.74, 6) is -0.173. The van der Waals surface area contributed by atoms with Crippen LogP contribution < -0.4 is 10.6 Å². The number of anilines is 1. The maximum absolute atomic E-state index is 13.5. The van der Waals surface area contributed by atoms with E-state index in [1.54, 1.807) is 12.1 Å². The van der Waals surface area contributed by atoms with Crippen molar-refractivity contribution in [2.24, 2.45) is 5.73 Å². The Hall–Kier alpha value is -1.13. The van der Waals surface area contributed by atoms with E-state index in [2.05, 4.69) is 4.90 Å². The highest BCUT2D eigenvalue weighted by atomic mass is 19.1. The molecular formula is C14H19FN2O. The zero-order chi connectivity index (χ0) is 12.6. The zero-order valence-electron chi connectivity index (χ0n) is 10.5. The highest BCUT2D eigenvalue weighted by molar-refractivity contribution is 5.59. The molecule has 1 aliphatic carbocycles. The zero-order valence-corrected chi connectivity index (χ0v) is 10.5. The summed E-state index contributed by atoms with van der Waals surface area (Å²) in [5, 5.41) is 0. The van der Waals surface area contributed by atoms with Crippen LogP contribution in [0.1, 0.15) is 18.4 Å². The number of ether oxygens (including phenoxy) is 1. The van der Waals surface area contributed by atoms with Gasteiger partial charge in [-0.25, -0.2) is 4.39 Å². The van der Waals surface area contributed by atoms with Crippen LogP contribution in [0.2, 0.25) is 0 Å². The number of hydrogen-bond acceptors (Lipinski definition) is 3. The Balaban J connectivity index is 1.98. The Morgan fingerprint density at radius 2 is 2.00 bits per heavy atom. The standard InChI is InChI=1S/C14H19FN2O/c15-11-1-2-12(14(10-16)3-4-14)13(9-11)17-5-7-18-8-6-17/h1-2,9H,3-8,10,16H2. The molecule has 4 heteroatoms. The molecule has 0 spiro atoms. The number of hydrogen-bond donors (Lipinski definition) is 1. The summed E-state index contributed by atoms with van der Waals surface area (Å²) < 4.78 is 18.9. The Morgan fingerprint density at radius 3 is 2.61 bits per heavy atom. The lowest BCUT2D eigenvalue weighted by molar-refractivity contribution is 0.122. The van der Waals surface area contributed by atoms with Gasteiger partial charge in [0.1, 0.15) is 5.82 Å². The lowest BCUT2D eigenvalue weighted by Gasteiger charge is -2.32. The van der Waals surface area contributed by atoms with Gasteiger partial charge in [0.05, 0.1) is 13.2 Å². The summed E-state index contributed by atoms with van der Waals surface area (Å²) in [5.41, 5.74) is 8.23. The van der Waals surface area contributed by atoms with E-state index < -0.39 is 0 Å². The molecule has 0 aromatic heterocycles. The van der Waals surface area contributed by atoms with Crippen LogP contribution in [0.5, 0.6) is 0 Å². The lowest BCUT2D eigenvalue weighted by atomic mass is 9.93. The average Bonchev–Trinajstić information content (AvgIpc) is 3.21. The van der Waals surface area contributed by atoms with Crippen LogP contribution in [0.25, 0.3) is 0 Å². The number of nitrogens with zero attached hydrogens (tertiary/aromatic N) is 1.